The second-order valence-electron chi connectivity index (χ2n) is 39.5. The average molecular weight is 2070 g/mol. The fourth-order valence-corrected chi connectivity index (χ4v) is 18.7. The molecule has 143 heavy (non-hydrogen) atoms. The van der Waals surface area contributed by atoms with Crippen molar-refractivity contribution in [3.05, 3.63) is 270 Å². The van der Waals surface area contributed by atoms with Crippen LogP contribution in [-0.2, 0) is 21.1 Å². The van der Waals surface area contributed by atoms with E-state index in [2.05, 4.69) is 198 Å². The first-order valence-corrected chi connectivity index (χ1v) is 50.3. The maximum absolute atomic E-state index is 9.89. The number of halogens is 6. The van der Waals surface area contributed by atoms with Crippen LogP contribution in [-0.4, -0.2) is 70.2 Å². The third-order valence-corrected chi connectivity index (χ3v) is 27.9. The van der Waals surface area contributed by atoms with E-state index in [1.54, 1.807) is 38.4 Å². The first-order valence-electron chi connectivity index (χ1n) is 48.0. The van der Waals surface area contributed by atoms with Crippen molar-refractivity contribution in [3.8, 4) is 57.5 Å². The highest BCUT2D eigenvalue weighted by atomic mass is 35.5. The fourth-order valence-electron chi connectivity index (χ4n) is 17.0. The fraction of sp³-hybridized carbons (Fsp3) is 0.351. The summed E-state index contributed by atoms with van der Waals surface area (Å²) >= 11 is 37.1. The Morgan fingerprint density at radius 1 is 0.245 bits per heavy atom. The van der Waals surface area contributed by atoms with E-state index < -0.39 is 0 Å². The van der Waals surface area contributed by atoms with Crippen molar-refractivity contribution < 1.29 is 92.6 Å². The molecule has 18 aromatic rings. The Balaban J connectivity index is 0.000000165. The summed E-state index contributed by atoms with van der Waals surface area (Å²) in [5, 5.41) is 119. The van der Waals surface area contributed by atoms with Gasteiger partial charge in [-0.1, -0.05) is 74.3 Å². The van der Waals surface area contributed by atoms with Crippen molar-refractivity contribution in [2.24, 2.45) is 21.1 Å². The van der Waals surface area contributed by atoms with E-state index in [1.807, 2.05) is 224 Å². The van der Waals surface area contributed by atoms with E-state index in [9.17, 15) is 51.1 Å². The SMILES string of the molecule is Cc1c(O)c(Cl)c2c[n+](C)n(C(C)C)c2c1Cl.Cc1c(O)c(Cl)c2cc[n+](C(C)C)cc2c1Cl.Cc1cc2c(c[n+](C)n2C(C)C)c(Cl)c1O.Cc1cc2c(cc1O)c[n+](C)n2C(C)C.Cc1cc2c[n+](C(C)C)cc(O)c2cc1O.Cc1cc2c[n+](C(C)C)ccc2c(C)c1O.Cc1cc2c[n+](C(C)C)ccc2c(Cl)c1O.Cc1cc2c[n+](C(C)C)ccc2cc1O.Cc1cc2c[n+](C(C)C)ncc2cc1O. The van der Waals surface area contributed by atoms with Crippen LogP contribution in [0.15, 0.2) is 184 Å². The van der Waals surface area contributed by atoms with E-state index in [4.69, 9.17) is 69.6 Å². The molecule has 18 rings (SSSR count). The smallest absolute Gasteiger partial charge is 0.211 e. The molecule has 23 nitrogen and oxygen atoms in total. The second kappa shape index (κ2) is 46.9. The van der Waals surface area contributed by atoms with Gasteiger partial charge in [0.05, 0.1) is 75.2 Å². The number of fused-ring (bicyclic) bond motifs is 9. The summed E-state index contributed by atoms with van der Waals surface area (Å²) in [5.74, 6) is 2.35. The molecule has 0 aliphatic carbocycles. The van der Waals surface area contributed by atoms with E-state index in [0.29, 0.717) is 118 Å². The van der Waals surface area contributed by atoms with Crippen molar-refractivity contribution in [1.82, 2.24) is 19.1 Å². The number of hydrogen-bond donors (Lipinski definition) is 10. The third kappa shape index (κ3) is 25.3. The Labute approximate surface area is 869 Å². The zero-order chi connectivity index (χ0) is 106. The largest absolute Gasteiger partial charge is 0.508 e. The Bertz CT molecular complexity index is 7580. The molecule has 9 aromatic heterocycles. The molecule has 0 amide bonds. The first kappa shape index (κ1) is 112. The Hall–Kier alpha value is -12.5. The van der Waals surface area contributed by atoms with E-state index in [0.717, 1.165) is 120 Å². The number of benzene rings is 9. The molecule has 0 saturated heterocycles. The minimum Gasteiger partial charge on any atom is -0.508 e. The molecule has 10 N–H and O–H groups in total. The normalized spacial score (nSPS) is 11.4. The van der Waals surface area contributed by atoms with Gasteiger partial charge in [0.2, 0.25) is 31.0 Å². The maximum Gasteiger partial charge on any atom is 0.211 e. The number of rotatable bonds is 9. The monoisotopic (exact) mass is 2060 g/mol. The van der Waals surface area contributed by atoms with Crippen molar-refractivity contribution in [3.63, 3.8) is 0 Å². The summed E-state index contributed by atoms with van der Waals surface area (Å²) in [6.07, 6.45) is 29.6. The molecule has 756 valence electrons. The molecular formula is C114H142Cl6N13O10+9. The van der Waals surface area contributed by atoms with Crippen molar-refractivity contribution in [2.45, 2.75) is 248 Å². The van der Waals surface area contributed by atoms with Gasteiger partial charge in [-0.15, -0.1) is 18.7 Å². The van der Waals surface area contributed by atoms with Gasteiger partial charge >= 0.3 is 0 Å². The molecule has 9 aromatic carbocycles. The van der Waals surface area contributed by atoms with Crippen LogP contribution in [0.1, 0.15) is 235 Å². The summed E-state index contributed by atoms with van der Waals surface area (Å²) < 4.78 is 24.8. The number of pyridine rings is 5. The number of aromatic hydroxyl groups is 10. The number of phenolic OH excluding ortho intramolecular Hbond substituents is 9. The number of nitrogens with zero attached hydrogens (tertiary/aromatic N) is 13. The van der Waals surface area contributed by atoms with E-state index in [-0.39, 0.29) is 40.5 Å². The van der Waals surface area contributed by atoms with Crippen LogP contribution >= 0.6 is 69.6 Å². The Morgan fingerprint density at radius 2 is 0.601 bits per heavy atom. The predicted octanol–water partition coefficient (Wildman–Crippen LogP) is 25.8. The lowest BCUT2D eigenvalue weighted by Crippen LogP contribution is -2.39. The lowest BCUT2D eigenvalue weighted by molar-refractivity contribution is -0.770. The van der Waals surface area contributed by atoms with Gasteiger partial charge in [-0.25, -0.2) is 18.3 Å². The summed E-state index contributed by atoms with van der Waals surface area (Å²) in [6, 6.07) is 32.1. The third-order valence-electron chi connectivity index (χ3n) is 25.5. The molecule has 0 aliphatic rings. The number of aromatic nitrogens is 13. The lowest BCUT2D eigenvalue weighted by Gasteiger charge is -2.09. The van der Waals surface area contributed by atoms with Gasteiger partial charge < -0.3 is 51.1 Å². The Kier molecular flexibility index (Phi) is 36.9. The van der Waals surface area contributed by atoms with Crippen LogP contribution in [0, 0.1) is 69.2 Å². The zero-order valence-corrected chi connectivity index (χ0v) is 92.6. The average Bonchev–Trinajstić information content (AvgIpc) is 1.59. The molecular weight excluding hydrogens is 1920 g/mol. The highest BCUT2D eigenvalue weighted by molar-refractivity contribution is 6.43. The van der Waals surface area contributed by atoms with E-state index in [1.165, 1.54) is 16.3 Å². The van der Waals surface area contributed by atoms with Gasteiger partial charge in [-0.3, -0.25) is 0 Å². The Morgan fingerprint density at radius 3 is 1.12 bits per heavy atom. The maximum atomic E-state index is 9.89. The lowest BCUT2D eigenvalue weighted by atomic mass is 10.0. The van der Waals surface area contributed by atoms with Gasteiger partial charge in [0, 0.05) is 83.9 Å². The standard InChI is InChI=1S/C14H17NO.C13H13Cl2NO.C13H14ClNO.C13H15NO2.C13H15NO.C12H14Cl2N2O.C12H15ClN2O.C12H16N2O.C12H14N2O/c1-9(2)15-6-5-13-11(4)14(16)10(3)7-12(13)8-15;1-7(2)16-5-4-9-10(6-16)11(14)8(3)13(17)12(9)15;1-8(2)15-5-4-11-10(7-15)6-9(3)13(16)12(11)14;1-8(2)14-6-10-4-9(3)12(15)5-11(10)13(16)7-14;1-9(2)14-5-4-11-7-13(15)10(3)6-12(11)8-14;1-6(2)16-11-8(5-15(16)4)10(14)12(17)7(3)9(11)13;1-7(2)15-10-5-8(3)12(16)11(13)9(10)6-14(15)4;1-8(2)14-11-5-9(3)12(15)6-10(11)7-13(14)4;1-8(2)14-7-11-4-9(3)12(15)5-10(11)6-13-14/h5-9H,1-4H3;4-7H,1-3H3;4-8H,1-3H3;4-8,16H,1-3H3;4-9H,1-3H3;5-6H,1-4H3;5-7H,1-4H3;5-8H,1-4H3;4-8H,1-3H3/p+9. The molecule has 0 fully saturated rings. The molecule has 0 unspecified atom stereocenters. The minimum atomic E-state index is 0.0608. The van der Waals surface area contributed by atoms with Gasteiger partial charge in [-0.05, 0) is 316 Å². The molecule has 0 radical (unpaired) electrons. The van der Waals surface area contributed by atoms with Crippen LogP contribution in [0.2, 0.25) is 30.1 Å². The first-order chi connectivity index (χ1) is 66.9. The van der Waals surface area contributed by atoms with Gasteiger partial charge in [-0.2, -0.15) is 13.9 Å². The predicted molar refractivity (Wildman–Crippen MR) is 580 cm³/mol. The minimum absolute atomic E-state index is 0.0608. The summed E-state index contributed by atoms with van der Waals surface area (Å²) in [6.45, 7) is 56.8. The molecule has 0 atom stereocenters. The second-order valence-corrected chi connectivity index (χ2v) is 41.7. The summed E-state index contributed by atoms with van der Waals surface area (Å²) in [5.41, 5.74) is 11.4. The summed E-state index contributed by atoms with van der Waals surface area (Å²) in [7, 11) is 5.92. The highest BCUT2D eigenvalue weighted by Gasteiger charge is 2.28. The van der Waals surface area contributed by atoms with Crippen LogP contribution in [0.25, 0.3) is 97.3 Å². The van der Waals surface area contributed by atoms with Crippen LogP contribution in [0.5, 0.6) is 57.5 Å². The van der Waals surface area contributed by atoms with Crippen molar-refractivity contribution in [1.29, 1.82) is 0 Å². The molecule has 0 bridgehead atoms. The van der Waals surface area contributed by atoms with Crippen molar-refractivity contribution in [2.75, 3.05) is 0 Å². The molecule has 9 heterocycles. The van der Waals surface area contributed by atoms with Crippen molar-refractivity contribution >= 4 is 167 Å². The quantitative estimate of drug-likeness (QED) is 0.0607. The van der Waals surface area contributed by atoms with Crippen LogP contribution in [0.4, 0.5) is 0 Å². The molecule has 0 aliphatic heterocycles. The van der Waals surface area contributed by atoms with Gasteiger partial charge in [0.25, 0.3) is 0 Å². The number of aryl methyl sites for hydroxylation is 11. The van der Waals surface area contributed by atoms with E-state index >= 15 is 0 Å². The van der Waals surface area contributed by atoms with Crippen LogP contribution in [0.3, 0.4) is 0 Å². The highest BCUT2D eigenvalue weighted by Crippen LogP contribution is 2.44. The summed E-state index contributed by atoms with van der Waals surface area (Å²) in [4.78, 5) is 0. The zero-order valence-electron chi connectivity index (χ0n) is 88.1. The van der Waals surface area contributed by atoms with Crippen LogP contribution < -0.4 is 41.6 Å². The molecule has 29 heteroatoms. The molecule has 0 spiro atoms. The molecule has 0 saturated carbocycles. The number of hydrogen-bond acceptors (Lipinski definition) is 11. The topological polar surface area (TPSA) is 265 Å². The van der Waals surface area contributed by atoms with Gasteiger partial charge in [0.1, 0.15) is 74.5 Å². The van der Waals surface area contributed by atoms with Gasteiger partial charge in [0.15, 0.2) is 119 Å². The number of phenols is 9.